The second-order valence-electron chi connectivity index (χ2n) is 9.12. The molecule has 8 heteroatoms. The Hall–Kier alpha value is -3.39. The van der Waals surface area contributed by atoms with Crippen molar-refractivity contribution in [1.82, 2.24) is 10.2 Å². The van der Waals surface area contributed by atoms with Crippen molar-refractivity contribution in [2.45, 2.75) is 56.7 Å². The van der Waals surface area contributed by atoms with Crippen molar-refractivity contribution in [1.29, 1.82) is 0 Å². The number of likely N-dealkylation sites (tertiary alicyclic amines) is 1. The standard InChI is InChI=1S/C27H32N2O6/c1-17(34-2)24(25(30)29-15-9-3-4-14-23(29)26(31)32)28-27(33)35-16-22-20-12-7-5-10-18(20)19-11-6-8-13-21(19)22/h5-8,10-13,17,22-24H,3-4,9,14-16H2,1-2H3,(H,28,33)(H,31,32)/t17-,23?,24+/m1/s1. The molecular weight excluding hydrogens is 448 g/mol. The van der Waals surface area contributed by atoms with Gasteiger partial charge in [0.2, 0.25) is 5.91 Å². The monoisotopic (exact) mass is 480 g/mol. The number of hydrogen-bond acceptors (Lipinski definition) is 5. The van der Waals surface area contributed by atoms with E-state index in [4.69, 9.17) is 9.47 Å². The first-order valence-corrected chi connectivity index (χ1v) is 12.1. The molecule has 1 aliphatic heterocycles. The molecule has 0 spiro atoms. The van der Waals surface area contributed by atoms with Gasteiger partial charge in [-0.05, 0) is 42.0 Å². The van der Waals surface area contributed by atoms with E-state index in [1.54, 1.807) is 6.92 Å². The van der Waals surface area contributed by atoms with Crippen LogP contribution in [-0.4, -0.2) is 66.4 Å². The average Bonchev–Trinajstić information content (AvgIpc) is 3.00. The third kappa shape index (κ3) is 5.17. The molecule has 0 bridgehead atoms. The summed E-state index contributed by atoms with van der Waals surface area (Å²) in [5.74, 6) is -1.61. The van der Waals surface area contributed by atoms with Crippen molar-refractivity contribution in [3.63, 3.8) is 0 Å². The summed E-state index contributed by atoms with van der Waals surface area (Å²) in [6.07, 6.45) is 1.30. The molecule has 0 aromatic heterocycles. The van der Waals surface area contributed by atoms with Crippen molar-refractivity contribution in [2.75, 3.05) is 20.3 Å². The van der Waals surface area contributed by atoms with Gasteiger partial charge in [-0.3, -0.25) is 4.79 Å². The minimum Gasteiger partial charge on any atom is -0.480 e. The lowest BCUT2D eigenvalue weighted by atomic mass is 9.98. The van der Waals surface area contributed by atoms with Gasteiger partial charge < -0.3 is 24.8 Å². The summed E-state index contributed by atoms with van der Waals surface area (Å²) in [6, 6.07) is 14.1. The first-order chi connectivity index (χ1) is 16.9. The van der Waals surface area contributed by atoms with E-state index in [1.807, 2.05) is 36.4 Å². The number of nitrogens with zero attached hydrogens (tertiary/aromatic N) is 1. The minimum atomic E-state index is -1.06. The van der Waals surface area contributed by atoms with E-state index in [0.29, 0.717) is 19.4 Å². The van der Waals surface area contributed by atoms with Crippen LogP contribution in [0.3, 0.4) is 0 Å². The van der Waals surface area contributed by atoms with Crippen molar-refractivity contribution >= 4 is 18.0 Å². The molecule has 2 amide bonds. The number of carbonyl (C=O) groups is 3. The lowest BCUT2D eigenvalue weighted by molar-refractivity contribution is -0.152. The van der Waals surface area contributed by atoms with Crippen LogP contribution in [0.1, 0.15) is 49.7 Å². The highest BCUT2D eigenvalue weighted by molar-refractivity contribution is 5.90. The summed E-state index contributed by atoms with van der Waals surface area (Å²) in [7, 11) is 1.45. The summed E-state index contributed by atoms with van der Waals surface area (Å²) in [5, 5.41) is 12.3. The zero-order valence-corrected chi connectivity index (χ0v) is 20.1. The maximum Gasteiger partial charge on any atom is 0.407 e. The van der Waals surface area contributed by atoms with Crippen LogP contribution < -0.4 is 5.32 Å². The second kappa shape index (κ2) is 10.9. The number of carbonyl (C=O) groups excluding carboxylic acids is 2. The molecule has 8 nitrogen and oxygen atoms in total. The summed E-state index contributed by atoms with van der Waals surface area (Å²) in [4.78, 5) is 39.4. The number of methoxy groups -OCH3 is 1. The van der Waals surface area contributed by atoms with E-state index in [9.17, 15) is 19.5 Å². The maximum atomic E-state index is 13.4. The van der Waals surface area contributed by atoms with E-state index in [1.165, 1.54) is 12.0 Å². The summed E-state index contributed by atoms with van der Waals surface area (Å²) >= 11 is 0. The van der Waals surface area contributed by atoms with Crippen LogP contribution >= 0.6 is 0 Å². The van der Waals surface area contributed by atoms with Gasteiger partial charge in [-0.1, -0.05) is 61.4 Å². The largest absolute Gasteiger partial charge is 0.480 e. The Kier molecular flexibility index (Phi) is 7.70. The van der Waals surface area contributed by atoms with E-state index >= 15 is 0 Å². The Balaban J connectivity index is 1.47. The number of rotatable bonds is 7. The van der Waals surface area contributed by atoms with Gasteiger partial charge in [-0.2, -0.15) is 0 Å². The van der Waals surface area contributed by atoms with Gasteiger partial charge in [0.15, 0.2) is 0 Å². The maximum absolute atomic E-state index is 13.4. The average molecular weight is 481 g/mol. The van der Waals surface area contributed by atoms with Gasteiger partial charge in [0, 0.05) is 19.6 Å². The molecule has 1 unspecified atom stereocenters. The molecule has 1 saturated heterocycles. The first-order valence-electron chi connectivity index (χ1n) is 12.1. The van der Waals surface area contributed by atoms with Crippen LogP contribution in [0, 0.1) is 0 Å². The Morgan fingerprint density at radius 2 is 1.66 bits per heavy atom. The van der Waals surface area contributed by atoms with Crippen molar-refractivity contribution < 1.29 is 29.0 Å². The molecule has 186 valence electrons. The topological polar surface area (TPSA) is 105 Å². The zero-order valence-electron chi connectivity index (χ0n) is 20.1. The highest BCUT2D eigenvalue weighted by Crippen LogP contribution is 2.44. The van der Waals surface area contributed by atoms with Gasteiger partial charge in [0.1, 0.15) is 18.7 Å². The van der Waals surface area contributed by atoms with E-state index < -0.39 is 36.2 Å². The number of carboxylic acid groups (broad SMARTS) is 1. The molecule has 1 heterocycles. The van der Waals surface area contributed by atoms with E-state index in [-0.39, 0.29) is 12.5 Å². The van der Waals surface area contributed by atoms with Crippen LogP contribution in [-0.2, 0) is 19.1 Å². The van der Waals surface area contributed by atoms with Crippen LogP contribution in [0.25, 0.3) is 11.1 Å². The molecule has 1 fully saturated rings. The molecule has 2 N–H and O–H groups in total. The Morgan fingerprint density at radius 3 is 2.26 bits per heavy atom. The molecule has 1 aliphatic carbocycles. The highest BCUT2D eigenvalue weighted by atomic mass is 16.5. The number of alkyl carbamates (subject to hydrolysis) is 1. The Bertz CT molecular complexity index is 1040. The van der Waals surface area contributed by atoms with E-state index in [2.05, 4.69) is 17.4 Å². The predicted molar refractivity (Wildman–Crippen MR) is 130 cm³/mol. The molecule has 4 rings (SSSR count). The van der Waals surface area contributed by atoms with Gasteiger partial charge in [-0.25, -0.2) is 9.59 Å². The van der Waals surface area contributed by atoms with Crippen molar-refractivity contribution in [2.24, 2.45) is 0 Å². The summed E-state index contributed by atoms with van der Waals surface area (Å²) in [6.45, 7) is 2.11. The van der Waals surface area contributed by atoms with Crippen LogP contribution in [0.15, 0.2) is 48.5 Å². The lowest BCUT2D eigenvalue weighted by Crippen LogP contribution is -2.57. The number of nitrogens with one attached hydrogen (secondary N) is 1. The van der Waals surface area contributed by atoms with Crippen LogP contribution in [0.2, 0.25) is 0 Å². The Labute approximate surface area is 205 Å². The van der Waals surface area contributed by atoms with Crippen molar-refractivity contribution in [3.05, 3.63) is 59.7 Å². The Morgan fingerprint density at radius 1 is 1.03 bits per heavy atom. The number of fused-ring (bicyclic) bond motifs is 3. The third-order valence-electron chi connectivity index (χ3n) is 7.05. The summed E-state index contributed by atoms with van der Waals surface area (Å²) in [5.41, 5.74) is 4.43. The third-order valence-corrected chi connectivity index (χ3v) is 7.05. The normalized spacial score (nSPS) is 19.1. The smallest absolute Gasteiger partial charge is 0.407 e. The summed E-state index contributed by atoms with van der Waals surface area (Å²) < 4.78 is 11.0. The number of benzene rings is 2. The molecule has 35 heavy (non-hydrogen) atoms. The van der Waals surface area contributed by atoms with Crippen LogP contribution in [0.4, 0.5) is 4.79 Å². The number of carboxylic acids is 1. The molecule has 2 aromatic carbocycles. The number of amides is 2. The zero-order chi connectivity index (χ0) is 24.9. The van der Waals surface area contributed by atoms with Crippen molar-refractivity contribution in [3.8, 4) is 11.1 Å². The minimum absolute atomic E-state index is 0.107. The van der Waals surface area contributed by atoms with Crippen LogP contribution in [0.5, 0.6) is 0 Å². The fourth-order valence-electron chi connectivity index (χ4n) is 5.09. The van der Waals surface area contributed by atoms with Gasteiger partial charge in [0.05, 0.1) is 6.10 Å². The molecule has 0 saturated carbocycles. The first kappa shape index (κ1) is 24.7. The molecular formula is C27H32N2O6. The van der Waals surface area contributed by atoms with Gasteiger partial charge >= 0.3 is 12.1 Å². The fraction of sp³-hybridized carbons (Fsp3) is 0.444. The van der Waals surface area contributed by atoms with Gasteiger partial charge in [0.25, 0.3) is 0 Å². The lowest BCUT2D eigenvalue weighted by Gasteiger charge is -2.32. The fourth-order valence-corrected chi connectivity index (χ4v) is 5.09. The highest BCUT2D eigenvalue weighted by Gasteiger charge is 2.38. The second-order valence-corrected chi connectivity index (χ2v) is 9.12. The predicted octanol–water partition coefficient (Wildman–Crippen LogP) is 3.78. The van der Waals surface area contributed by atoms with Gasteiger partial charge in [-0.15, -0.1) is 0 Å². The number of hydrogen-bond donors (Lipinski definition) is 2. The van der Waals surface area contributed by atoms with E-state index in [0.717, 1.165) is 35.1 Å². The molecule has 0 radical (unpaired) electrons. The SMILES string of the molecule is CO[C@H](C)[C@H](NC(=O)OCC1c2ccccc2-c2ccccc21)C(=O)N1CCCCCC1C(=O)O. The quantitative estimate of drug-likeness (QED) is 0.625. The molecule has 3 atom stereocenters. The number of aliphatic carboxylic acids is 1. The number of ether oxygens (including phenoxy) is 2. The molecule has 2 aromatic rings. The molecule has 2 aliphatic rings.